The van der Waals surface area contributed by atoms with Crippen molar-refractivity contribution in [3.05, 3.63) is 34.1 Å². The van der Waals surface area contributed by atoms with Gasteiger partial charge in [0.25, 0.3) is 10.0 Å². The van der Waals surface area contributed by atoms with Crippen LogP contribution >= 0.6 is 0 Å². The minimum absolute atomic E-state index is 0.213. The van der Waals surface area contributed by atoms with E-state index < -0.39 is 16.1 Å². The normalized spacial score (nSPS) is 16.8. The Kier molecular flexibility index (Phi) is 5.82. The van der Waals surface area contributed by atoms with Gasteiger partial charge in [-0.2, -0.15) is 8.42 Å². The van der Waals surface area contributed by atoms with Crippen molar-refractivity contribution in [3.8, 4) is 5.88 Å². The Morgan fingerprint density at radius 2 is 1.82 bits per heavy atom. The molecule has 0 atom stereocenters. The number of fused-ring (bicyclic) bond motifs is 3. The number of hydrogen-bond acceptors (Lipinski definition) is 6. The standard InChI is InChI=1S/C23H31N5O4S/c1-27(2)12-10-19-24-21(22-28(19)11-5-13-32-22)33(30,31)26-23(29)25-20-17-8-3-6-15(17)14-16-7-4-9-18(16)20/h14H,3-13H2,1-2H3,(H2,25,26,29). The van der Waals surface area contributed by atoms with E-state index in [2.05, 4.69) is 21.1 Å². The van der Waals surface area contributed by atoms with Crippen LogP contribution in [0.1, 0.15) is 47.3 Å². The maximum absolute atomic E-state index is 13.2. The molecule has 2 N–H and O–H groups in total. The zero-order valence-corrected chi connectivity index (χ0v) is 20.1. The highest BCUT2D eigenvalue weighted by molar-refractivity contribution is 7.90. The van der Waals surface area contributed by atoms with Crippen LogP contribution in [0.5, 0.6) is 5.88 Å². The lowest BCUT2D eigenvalue weighted by molar-refractivity contribution is 0.231. The molecule has 33 heavy (non-hydrogen) atoms. The molecule has 0 fully saturated rings. The van der Waals surface area contributed by atoms with Crippen LogP contribution in [0.25, 0.3) is 0 Å². The lowest BCUT2D eigenvalue weighted by Crippen LogP contribution is -2.35. The smallest absolute Gasteiger partial charge is 0.333 e. The Labute approximate surface area is 194 Å². The van der Waals surface area contributed by atoms with Crippen molar-refractivity contribution in [2.24, 2.45) is 0 Å². The van der Waals surface area contributed by atoms with Crippen LogP contribution in [-0.4, -0.2) is 56.1 Å². The Morgan fingerprint density at radius 1 is 1.12 bits per heavy atom. The number of urea groups is 1. The molecule has 2 amide bonds. The molecule has 0 unspecified atom stereocenters. The van der Waals surface area contributed by atoms with E-state index in [0.29, 0.717) is 25.4 Å². The molecular formula is C23H31N5O4S. The zero-order chi connectivity index (χ0) is 23.2. The van der Waals surface area contributed by atoms with Gasteiger partial charge < -0.3 is 15.0 Å². The molecule has 1 aromatic heterocycles. The van der Waals surface area contributed by atoms with Gasteiger partial charge >= 0.3 is 6.03 Å². The number of anilines is 1. The number of carbonyl (C=O) groups is 1. The second-order valence-corrected chi connectivity index (χ2v) is 10.9. The summed E-state index contributed by atoms with van der Waals surface area (Å²) >= 11 is 0. The number of likely N-dealkylation sites (N-methyl/N-ethyl adjacent to an activating group) is 1. The molecule has 0 spiro atoms. The number of rotatable bonds is 6. The summed E-state index contributed by atoms with van der Waals surface area (Å²) in [6, 6.07) is 1.52. The molecule has 9 nitrogen and oxygen atoms in total. The van der Waals surface area contributed by atoms with E-state index >= 15 is 0 Å². The Hall–Kier alpha value is -2.59. The first-order valence-electron chi connectivity index (χ1n) is 11.7. The Balaban J connectivity index is 1.40. The fourth-order valence-electron chi connectivity index (χ4n) is 5.19. The van der Waals surface area contributed by atoms with Gasteiger partial charge in [0.1, 0.15) is 5.82 Å². The van der Waals surface area contributed by atoms with Gasteiger partial charge in [0.15, 0.2) is 0 Å². The minimum Gasteiger partial charge on any atom is -0.477 e. The molecule has 0 saturated carbocycles. The number of ether oxygens (including phenoxy) is 1. The van der Waals surface area contributed by atoms with Gasteiger partial charge in [0.2, 0.25) is 10.9 Å². The summed E-state index contributed by atoms with van der Waals surface area (Å²) in [6.45, 7) is 1.80. The molecule has 0 bridgehead atoms. The summed E-state index contributed by atoms with van der Waals surface area (Å²) in [6.07, 6.45) is 7.31. The first-order chi connectivity index (χ1) is 15.8. The summed E-state index contributed by atoms with van der Waals surface area (Å²) in [5.41, 5.74) is 5.65. The molecule has 1 aliphatic heterocycles. The minimum atomic E-state index is -4.20. The van der Waals surface area contributed by atoms with Crippen molar-refractivity contribution in [2.75, 3.05) is 32.6 Å². The molecule has 2 aliphatic carbocycles. The van der Waals surface area contributed by atoms with Crippen LogP contribution in [0.4, 0.5) is 10.5 Å². The predicted molar refractivity (Wildman–Crippen MR) is 124 cm³/mol. The fourth-order valence-corrected chi connectivity index (χ4v) is 6.20. The highest BCUT2D eigenvalue weighted by atomic mass is 32.2. The van der Waals surface area contributed by atoms with Crippen molar-refractivity contribution in [1.82, 2.24) is 19.2 Å². The number of amides is 2. The summed E-state index contributed by atoms with van der Waals surface area (Å²) in [4.78, 5) is 19.3. The maximum atomic E-state index is 13.2. The molecule has 5 rings (SSSR count). The van der Waals surface area contributed by atoms with Gasteiger partial charge in [-0.15, -0.1) is 0 Å². The van der Waals surface area contributed by atoms with E-state index in [1.807, 2.05) is 23.6 Å². The third-order valence-corrected chi connectivity index (χ3v) is 7.94. The highest BCUT2D eigenvalue weighted by Gasteiger charge is 2.32. The Bertz CT molecular complexity index is 1170. The third-order valence-electron chi connectivity index (χ3n) is 6.71. The SMILES string of the molecule is CN(C)CCc1nc(S(=O)(=O)NC(=O)Nc2c3c(cc4c2CCC4)CCC3)c2n1CCCO2. The lowest BCUT2D eigenvalue weighted by Gasteiger charge is -2.19. The molecule has 2 heterocycles. The molecule has 2 aromatic rings. The monoisotopic (exact) mass is 473 g/mol. The number of nitrogens with one attached hydrogen (secondary N) is 2. The number of imidazole rings is 1. The van der Waals surface area contributed by atoms with Gasteiger partial charge in [-0.1, -0.05) is 6.07 Å². The Morgan fingerprint density at radius 3 is 2.48 bits per heavy atom. The maximum Gasteiger partial charge on any atom is 0.333 e. The van der Waals surface area contributed by atoms with Crippen LogP contribution in [0.2, 0.25) is 0 Å². The van der Waals surface area contributed by atoms with Crippen LogP contribution in [0.3, 0.4) is 0 Å². The van der Waals surface area contributed by atoms with Gasteiger partial charge in [-0.25, -0.2) is 14.5 Å². The average Bonchev–Trinajstić information content (AvgIpc) is 3.50. The molecule has 10 heteroatoms. The first kappa shape index (κ1) is 22.2. The van der Waals surface area contributed by atoms with Crippen LogP contribution in [0.15, 0.2) is 11.1 Å². The summed E-state index contributed by atoms with van der Waals surface area (Å²) in [5, 5.41) is 2.67. The highest BCUT2D eigenvalue weighted by Crippen LogP contribution is 2.38. The number of hydrogen-bond donors (Lipinski definition) is 2. The summed E-state index contributed by atoms with van der Waals surface area (Å²) < 4.78 is 36.1. The summed E-state index contributed by atoms with van der Waals surface area (Å²) in [7, 11) is -0.288. The summed E-state index contributed by atoms with van der Waals surface area (Å²) in [5.74, 6) is 0.870. The van der Waals surface area contributed by atoms with Gasteiger partial charge in [0, 0.05) is 25.2 Å². The average molecular weight is 474 g/mol. The fraction of sp³-hybridized carbons (Fsp3) is 0.565. The quantitative estimate of drug-likeness (QED) is 0.667. The van der Waals surface area contributed by atoms with Crippen molar-refractivity contribution in [3.63, 3.8) is 0 Å². The van der Waals surface area contributed by atoms with Crippen molar-refractivity contribution in [1.29, 1.82) is 0 Å². The van der Waals surface area contributed by atoms with E-state index in [9.17, 15) is 13.2 Å². The van der Waals surface area contributed by atoms with E-state index in [4.69, 9.17) is 4.74 Å². The number of carbonyl (C=O) groups excluding carboxylic acids is 1. The molecule has 0 radical (unpaired) electrons. The number of benzene rings is 1. The number of nitrogens with zero attached hydrogens (tertiary/aromatic N) is 3. The number of aryl methyl sites for hydroxylation is 2. The second kappa shape index (κ2) is 8.64. The van der Waals surface area contributed by atoms with Crippen LogP contribution in [-0.2, 0) is 48.7 Å². The van der Waals surface area contributed by atoms with Gasteiger partial charge in [-0.3, -0.25) is 4.57 Å². The van der Waals surface area contributed by atoms with Gasteiger partial charge in [0.05, 0.1) is 6.61 Å². The zero-order valence-electron chi connectivity index (χ0n) is 19.2. The molecule has 3 aliphatic rings. The molecule has 178 valence electrons. The van der Waals surface area contributed by atoms with Crippen molar-refractivity contribution in [2.45, 2.75) is 62.9 Å². The number of aromatic nitrogens is 2. The predicted octanol–water partition coefficient (Wildman–Crippen LogP) is 2.26. The number of sulfonamides is 1. The van der Waals surface area contributed by atoms with E-state index in [-0.39, 0.29) is 10.9 Å². The molecule has 0 saturated heterocycles. The lowest BCUT2D eigenvalue weighted by atomic mass is 9.99. The molecular weight excluding hydrogens is 442 g/mol. The largest absolute Gasteiger partial charge is 0.477 e. The molecule has 1 aromatic carbocycles. The van der Waals surface area contributed by atoms with Crippen molar-refractivity contribution >= 4 is 21.7 Å². The first-order valence-corrected chi connectivity index (χ1v) is 13.2. The topological polar surface area (TPSA) is 106 Å². The third kappa shape index (κ3) is 4.21. The van der Waals surface area contributed by atoms with Crippen LogP contribution in [0, 0.1) is 0 Å². The van der Waals surface area contributed by atoms with Crippen LogP contribution < -0.4 is 14.8 Å². The van der Waals surface area contributed by atoms with Crippen molar-refractivity contribution < 1.29 is 17.9 Å². The van der Waals surface area contributed by atoms with E-state index in [0.717, 1.165) is 68.3 Å². The second-order valence-electron chi connectivity index (χ2n) is 9.34. The van der Waals surface area contributed by atoms with Gasteiger partial charge in [-0.05, 0) is 81.3 Å². The van der Waals surface area contributed by atoms with E-state index in [1.165, 1.54) is 11.1 Å². The van der Waals surface area contributed by atoms with E-state index in [1.54, 1.807) is 0 Å².